The number of rotatable bonds is 6. The molecule has 5 aromatic rings. The number of furan rings is 1. The lowest BCUT2D eigenvalue weighted by atomic mass is 10.1. The van der Waals surface area contributed by atoms with Gasteiger partial charge in [-0.25, -0.2) is 9.78 Å². The molecule has 0 radical (unpaired) electrons. The molecule has 1 amide bonds. The van der Waals surface area contributed by atoms with Crippen molar-refractivity contribution in [1.29, 1.82) is 0 Å². The van der Waals surface area contributed by atoms with Crippen LogP contribution in [0.5, 0.6) is 5.75 Å². The number of phenols is 1. The van der Waals surface area contributed by atoms with Crippen molar-refractivity contribution in [3.63, 3.8) is 0 Å². The minimum absolute atomic E-state index is 0.0173. The summed E-state index contributed by atoms with van der Waals surface area (Å²) in [5, 5.41) is 14.0. The Labute approximate surface area is 204 Å². The smallest absolute Gasteiger partial charge is 0.338 e. The summed E-state index contributed by atoms with van der Waals surface area (Å²) in [6, 6.07) is 22.7. The molecule has 0 aliphatic carbocycles. The van der Waals surface area contributed by atoms with Gasteiger partial charge in [-0.1, -0.05) is 24.3 Å². The minimum atomic E-state index is -0.452. The average Bonchev–Trinajstić information content (AvgIpc) is 3.52. The third-order valence-corrected chi connectivity index (χ3v) is 6.36. The van der Waals surface area contributed by atoms with Gasteiger partial charge < -0.3 is 19.6 Å². The van der Waals surface area contributed by atoms with Crippen LogP contribution in [0.15, 0.2) is 83.3 Å². The van der Waals surface area contributed by atoms with Gasteiger partial charge in [0, 0.05) is 17.3 Å². The van der Waals surface area contributed by atoms with E-state index in [1.807, 2.05) is 24.3 Å². The highest BCUT2D eigenvalue weighted by atomic mass is 32.1. The molecule has 0 aliphatic heterocycles. The van der Waals surface area contributed by atoms with Gasteiger partial charge >= 0.3 is 5.97 Å². The van der Waals surface area contributed by atoms with Gasteiger partial charge in [0.25, 0.3) is 5.91 Å². The first-order valence-electron chi connectivity index (χ1n) is 10.9. The van der Waals surface area contributed by atoms with Gasteiger partial charge in [-0.2, -0.15) is 0 Å². The molecular formula is C27H20N2O5S. The van der Waals surface area contributed by atoms with E-state index in [9.17, 15) is 14.7 Å². The molecule has 0 bridgehead atoms. The Morgan fingerprint density at radius 3 is 2.57 bits per heavy atom. The van der Waals surface area contributed by atoms with Crippen LogP contribution < -0.4 is 5.32 Å². The lowest BCUT2D eigenvalue weighted by molar-refractivity contribution is 0.0526. The number of esters is 1. The van der Waals surface area contributed by atoms with E-state index in [0.29, 0.717) is 34.2 Å². The maximum Gasteiger partial charge on any atom is 0.338 e. The van der Waals surface area contributed by atoms with Crippen molar-refractivity contribution in [2.75, 3.05) is 11.9 Å². The summed E-state index contributed by atoms with van der Waals surface area (Å²) in [6.45, 7) is 2.06. The number of hydrogen-bond donors (Lipinski definition) is 2. The first-order valence-corrected chi connectivity index (χ1v) is 11.7. The molecule has 0 atom stereocenters. The molecule has 2 heterocycles. The highest BCUT2D eigenvalue weighted by Gasteiger charge is 2.16. The van der Waals surface area contributed by atoms with Crippen molar-refractivity contribution < 1.29 is 23.8 Å². The minimum Gasteiger partial charge on any atom is -0.507 e. The van der Waals surface area contributed by atoms with Gasteiger partial charge in [-0.3, -0.25) is 4.79 Å². The maximum absolute atomic E-state index is 12.7. The zero-order chi connectivity index (χ0) is 24.4. The van der Waals surface area contributed by atoms with E-state index < -0.39 is 11.9 Å². The molecule has 2 aromatic heterocycles. The topological polar surface area (TPSA) is 102 Å². The Morgan fingerprint density at radius 2 is 1.83 bits per heavy atom. The molecule has 174 valence electrons. The summed E-state index contributed by atoms with van der Waals surface area (Å²) >= 11 is 1.49. The first-order chi connectivity index (χ1) is 17.0. The number of anilines is 1. The zero-order valence-electron chi connectivity index (χ0n) is 18.6. The molecule has 3 aromatic carbocycles. The standard InChI is InChI=1S/C27H20N2O5S/c1-2-33-27(32)17-9-7-16(8-10-17)22-13-14-23(34-22)25(31)28-18-11-12-19(21(30)15-18)26-29-20-5-3-4-6-24(20)35-26/h3-15,30H,2H2,1H3,(H,28,31). The van der Waals surface area contributed by atoms with E-state index >= 15 is 0 Å². The number of amides is 1. The van der Waals surface area contributed by atoms with Crippen LogP contribution in [0.3, 0.4) is 0 Å². The molecule has 8 heteroatoms. The van der Waals surface area contributed by atoms with Crippen LogP contribution in [0.4, 0.5) is 5.69 Å². The van der Waals surface area contributed by atoms with Gasteiger partial charge in [-0.05, 0) is 55.5 Å². The number of benzene rings is 3. The Kier molecular flexibility index (Phi) is 6.03. The van der Waals surface area contributed by atoms with Gasteiger partial charge in [0.05, 0.1) is 28.0 Å². The van der Waals surface area contributed by atoms with Crippen molar-refractivity contribution >= 4 is 39.1 Å². The second-order valence-corrected chi connectivity index (χ2v) is 8.67. The first kappa shape index (κ1) is 22.4. The fourth-order valence-corrected chi connectivity index (χ4v) is 4.57. The molecule has 35 heavy (non-hydrogen) atoms. The van der Waals surface area contributed by atoms with E-state index in [1.165, 1.54) is 17.4 Å². The van der Waals surface area contributed by atoms with Crippen LogP contribution in [0.2, 0.25) is 0 Å². The van der Waals surface area contributed by atoms with E-state index in [2.05, 4.69) is 10.3 Å². The molecular weight excluding hydrogens is 464 g/mol. The summed E-state index contributed by atoms with van der Waals surface area (Å²) in [7, 11) is 0. The van der Waals surface area contributed by atoms with E-state index in [4.69, 9.17) is 9.15 Å². The number of hydrogen-bond acceptors (Lipinski definition) is 7. The lowest BCUT2D eigenvalue weighted by Gasteiger charge is -2.07. The number of nitrogens with zero attached hydrogens (tertiary/aromatic N) is 1. The van der Waals surface area contributed by atoms with Crippen LogP contribution in [-0.2, 0) is 4.74 Å². The second kappa shape index (κ2) is 9.44. The molecule has 0 spiro atoms. The molecule has 5 rings (SSSR count). The summed E-state index contributed by atoms with van der Waals surface area (Å²) in [4.78, 5) is 29.1. The molecule has 7 nitrogen and oxygen atoms in total. The fraction of sp³-hybridized carbons (Fsp3) is 0.0741. The average molecular weight is 485 g/mol. The van der Waals surface area contributed by atoms with Crippen molar-refractivity contribution in [3.05, 3.63) is 90.2 Å². The zero-order valence-corrected chi connectivity index (χ0v) is 19.5. The Hall–Kier alpha value is -4.43. The summed E-state index contributed by atoms with van der Waals surface area (Å²) in [5.74, 6) is -0.227. The number of aromatic nitrogens is 1. The predicted octanol–water partition coefficient (Wildman–Crippen LogP) is 6.36. The number of fused-ring (bicyclic) bond motifs is 1. The lowest BCUT2D eigenvalue weighted by Crippen LogP contribution is -2.10. The molecule has 2 N–H and O–H groups in total. The Bertz CT molecular complexity index is 1500. The van der Waals surface area contributed by atoms with Gasteiger partial charge in [-0.15, -0.1) is 11.3 Å². The molecule has 0 saturated heterocycles. The monoisotopic (exact) mass is 484 g/mol. The van der Waals surface area contributed by atoms with Crippen molar-refractivity contribution in [3.8, 4) is 27.6 Å². The number of thiazole rings is 1. The predicted molar refractivity (Wildman–Crippen MR) is 135 cm³/mol. The van der Waals surface area contributed by atoms with Crippen molar-refractivity contribution in [2.45, 2.75) is 6.92 Å². The van der Waals surface area contributed by atoms with Gasteiger partial charge in [0.2, 0.25) is 0 Å². The van der Waals surface area contributed by atoms with E-state index in [0.717, 1.165) is 15.8 Å². The second-order valence-electron chi connectivity index (χ2n) is 7.63. The summed E-state index contributed by atoms with van der Waals surface area (Å²) in [6.07, 6.45) is 0. The SMILES string of the molecule is CCOC(=O)c1ccc(-c2ccc(C(=O)Nc3ccc(-c4nc5ccccc5s4)c(O)c3)o2)cc1. The highest BCUT2D eigenvalue weighted by molar-refractivity contribution is 7.21. The summed E-state index contributed by atoms with van der Waals surface area (Å²) < 4.78 is 11.7. The number of carbonyl (C=O) groups excluding carboxylic acids is 2. The number of phenolic OH excluding ortho intramolecular Hbond substituents is 1. The number of aromatic hydroxyl groups is 1. The Morgan fingerprint density at radius 1 is 1.03 bits per heavy atom. The van der Waals surface area contributed by atoms with E-state index in [-0.39, 0.29) is 11.5 Å². The van der Waals surface area contributed by atoms with Crippen molar-refractivity contribution in [2.24, 2.45) is 0 Å². The molecule has 0 fully saturated rings. The molecule has 0 aliphatic rings. The summed E-state index contributed by atoms with van der Waals surface area (Å²) in [5.41, 5.74) is 3.04. The fourth-order valence-electron chi connectivity index (χ4n) is 3.57. The third-order valence-electron chi connectivity index (χ3n) is 5.29. The Balaban J connectivity index is 1.29. The number of ether oxygens (including phenoxy) is 1. The number of nitrogens with one attached hydrogen (secondary N) is 1. The van der Waals surface area contributed by atoms with Crippen LogP contribution >= 0.6 is 11.3 Å². The quantitative estimate of drug-likeness (QED) is 0.272. The number of carbonyl (C=O) groups is 2. The largest absolute Gasteiger partial charge is 0.507 e. The van der Waals surface area contributed by atoms with Crippen LogP contribution in [0, 0.1) is 0 Å². The van der Waals surface area contributed by atoms with Crippen molar-refractivity contribution in [1.82, 2.24) is 4.98 Å². The maximum atomic E-state index is 12.7. The van der Waals surface area contributed by atoms with Gasteiger partial charge in [0.1, 0.15) is 16.5 Å². The van der Waals surface area contributed by atoms with Gasteiger partial charge in [0.15, 0.2) is 5.76 Å². The molecule has 0 saturated carbocycles. The van der Waals surface area contributed by atoms with Crippen LogP contribution in [0.1, 0.15) is 27.8 Å². The normalized spacial score (nSPS) is 10.9. The molecule has 0 unspecified atom stereocenters. The number of para-hydroxylation sites is 1. The van der Waals surface area contributed by atoms with E-state index in [1.54, 1.807) is 55.5 Å². The van der Waals surface area contributed by atoms with Crippen LogP contribution in [0.25, 0.3) is 32.1 Å². The van der Waals surface area contributed by atoms with Crippen LogP contribution in [-0.4, -0.2) is 28.6 Å². The third kappa shape index (κ3) is 4.64. The highest BCUT2D eigenvalue weighted by Crippen LogP contribution is 2.36.